The number of carboxylic acid groups (broad SMARTS) is 1. The second-order valence-corrected chi connectivity index (χ2v) is 14.4. The van der Waals surface area contributed by atoms with E-state index in [1.54, 1.807) is 12.1 Å². The van der Waals surface area contributed by atoms with Crippen LogP contribution in [-0.2, 0) is 10.8 Å². The predicted octanol–water partition coefficient (Wildman–Crippen LogP) is 7.47. The Hall–Kier alpha value is -2.04. The highest BCUT2D eigenvalue weighted by atomic mass is 32.2. The topological polar surface area (TPSA) is 37.3 Å². The Morgan fingerprint density at radius 2 is 1.29 bits per heavy atom. The molecule has 0 radical (unpaired) electrons. The molecule has 1 N–H and O–H groups in total. The summed E-state index contributed by atoms with van der Waals surface area (Å²) in [6, 6.07) is 19.4. The molecular formula is C30H34O2S2. The average molecular weight is 491 g/mol. The van der Waals surface area contributed by atoms with Crippen molar-refractivity contribution in [2.75, 3.05) is 23.0 Å². The molecule has 0 aromatic heterocycles. The van der Waals surface area contributed by atoms with Crippen LogP contribution in [-0.4, -0.2) is 39.0 Å². The van der Waals surface area contributed by atoms with Crippen molar-refractivity contribution >= 4 is 43.9 Å². The molecule has 0 unspecified atom stereocenters. The van der Waals surface area contributed by atoms with Gasteiger partial charge in [0.15, 0.2) is 0 Å². The van der Waals surface area contributed by atoms with E-state index in [9.17, 15) is 9.90 Å². The minimum atomic E-state index is -0.876. The Morgan fingerprint density at radius 3 is 1.94 bits per heavy atom. The number of aromatic carboxylic acids is 1. The molecule has 2 aliphatic rings. The predicted molar refractivity (Wildman–Crippen MR) is 150 cm³/mol. The van der Waals surface area contributed by atoms with E-state index in [0.717, 1.165) is 10.8 Å². The maximum Gasteiger partial charge on any atom is 0.335 e. The van der Waals surface area contributed by atoms with Gasteiger partial charge in [0.1, 0.15) is 0 Å². The van der Waals surface area contributed by atoms with Gasteiger partial charge in [0.25, 0.3) is 0 Å². The van der Waals surface area contributed by atoms with Crippen molar-refractivity contribution in [3.63, 3.8) is 0 Å². The van der Waals surface area contributed by atoms with Crippen LogP contribution in [0.3, 0.4) is 0 Å². The van der Waals surface area contributed by atoms with E-state index in [1.165, 1.54) is 63.0 Å². The van der Waals surface area contributed by atoms with Crippen molar-refractivity contribution in [3.8, 4) is 0 Å². The summed E-state index contributed by atoms with van der Waals surface area (Å²) in [5.74, 6) is 4.06. The Morgan fingerprint density at radius 1 is 0.765 bits per heavy atom. The van der Waals surface area contributed by atoms with Crippen molar-refractivity contribution in [2.45, 2.75) is 51.4 Å². The first-order valence-electron chi connectivity index (χ1n) is 12.2. The second-order valence-electron chi connectivity index (χ2n) is 11.0. The standard InChI is InChI=1S/C30H34O2S2/c1-29(2)11-12-30(3,4)26-19-23(9-10-25(26)29)27(34-15-13-33-14-16-34)22-7-5-21-18-24(28(31)32)8-6-20(21)17-22/h5-10,17-19H,11-16H2,1-4H3,(H,31,32). The summed E-state index contributed by atoms with van der Waals surface area (Å²) in [7, 11) is 0.218. The first-order valence-corrected chi connectivity index (χ1v) is 14.9. The number of benzene rings is 3. The molecule has 5 rings (SSSR count). The molecule has 0 atom stereocenters. The summed E-state index contributed by atoms with van der Waals surface area (Å²) in [5, 5.41) is 11.5. The van der Waals surface area contributed by atoms with Gasteiger partial charge in [0.05, 0.1) is 5.56 Å². The lowest BCUT2D eigenvalue weighted by molar-refractivity contribution is 0.0697. The van der Waals surface area contributed by atoms with Crippen LogP contribution in [0, 0.1) is 0 Å². The zero-order chi connectivity index (χ0) is 24.1. The number of rotatable bonds is 3. The molecule has 0 amide bonds. The first kappa shape index (κ1) is 23.7. The average Bonchev–Trinajstić information content (AvgIpc) is 2.82. The number of thioether (sulfide) groups is 1. The number of hydrogen-bond donors (Lipinski definition) is 1. The van der Waals surface area contributed by atoms with Crippen LogP contribution >= 0.6 is 22.2 Å². The molecule has 4 heteroatoms. The minimum absolute atomic E-state index is 0.189. The van der Waals surface area contributed by atoms with Crippen LogP contribution in [0.1, 0.15) is 73.1 Å². The van der Waals surface area contributed by atoms with E-state index in [-0.39, 0.29) is 21.3 Å². The molecule has 1 aliphatic carbocycles. The maximum absolute atomic E-state index is 11.4. The summed E-state index contributed by atoms with van der Waals surface area (Å²) in [5.41, 5.74) is 6.44. The van der Waals surface area contributed by atoms with Gasteiger partial charge in [-0.15, -0.1) is 0 Å². The Kier molecular flexibility index (Phi) is 6.18. The summed E-state index contributed by atoms with van der Waals surface area (Å²) in [6.45, 7) is 9.58. The van der Waals surface area contributed by atoms with Crippen molar-refractivity contribution in [3.05, 3.63) is 82.4 Å². The largest absolute Gasteiger partial charge is 0.478 e. The van der Waals surface area contributed by atoms with Crippen LogP contribution in [0.25, 0.3) is 10.8 Å². The molecule has 0 saturated carbocycles. The van der Waals surface area contributed by atoms with E-state index in [0.29, 0.717) is 5.56 Å². The highest BCUT2D eigenvalue weighted by Crippen LogP contribution is 2.46. The first-order chi connectivity index (χ1) is 16.2. The van der Waals surface area contributed by atoms with Crippen LogP contribution in [0.5, 0.6) is 0 Å². The van der Waals surface area contributed by atoms with E-state index >= 15 is 0 Å². The zero-order valence-electron chi connectivity index (χ0n) is 20.6. The highest BCUT2D eigenvalue weighted by molar-refractivity contribution is 8.18. The van der Waals surface area contributed by atoms with Gasteiger partial charge >= 0.3 is 5.97 Å². The zero-order valence-corrected chi connectivity index (χ0v) is 22.2. The van der Waals surface area contributed by atoms with Crippen LogP contribution in [0.15, 0.2) is 54.6 Å². The summed E-state index contributed by atoms with van der Waals surface area (Å²) in [6.07, 6.45) is 2.45. The third-order valence-electron chi connectivity index (χ3n) is 7.70. The molecule has 3 aromatic carbocycles. The third kappa shape index (κ3) is 4.35. The molecule has 34 heavy (non-hydrogen) atoms. The van der Waals surface area contributed by atoms with E-state index in [2.05, 4.69) is 75.9 Å². The summed E-state index contributed by atoms with van der Waals surface area (Å²) in [4.78, 5) is 12.9. The van der Waals surface area contributed by atoms with Crippen LogP contribution in [0.2, 0.25) is 0 Å². The number of hydrogen-bond acceptors (Lipinski definition) is 2. The highest BCUT2D eigenvalue weighted by Gasteiger charge is 2.37. The molecule has 1 aliphatic heterocycles. The normalized spacial score (nSPS) is 19.5. The summed E-state index contributed by atoms with van der Waals surface area (Å²) >= 11 is 2.07. The molecule has 0 bridgehead atoms. The third-order valence-corrected chi connectivity index (χ3v) is 11.6. The number of carbonyl (C=O) groups is 1. The Labute approximate surface area is 210 Å². The van der Waals surface area contributed by atoms with Gasteiger partial charge in [-0.25, -0.2) is 4.79 Å². The van der Waals surface area contributed by atoms with E-state index in [4.69, 9.17) is 0 Å². The smallest absolute Gasteiger partial charge is 0.335 e. The van der Waals surface area contributed by atoms with Crippen molar-refractivity contribution < 1.29 is 9.90 Å². The fraction of sp³-hybridized carbons (Fsp3) is 0.400. The SMILES string of the molecule is CC1(C)CCC(C)(C)c2cc(C(c3ccc4cc(C(=O)O)ccc4c3)=S3CCSCC3)ccc21. The fourth-order valence-electron chi connectivity index (χ4n) is 5.48. The minimum Gasteiger partial charge on any atom is -0.478 e. The number of fused-ring (bicyclic) bond motifs is 2. The lowest BCUT2D eigenvalue weighted by Crippen LogP contribution is -2.34. The van der Waals surface area contributed by atoms with Crippen molar-refractivity contribution in [2.24, 2.45) is 0 Å². The Bertz CT molecular complexity index is 1310. The van der Waals surface area contributed by atoms with Crippen molar-refractivity contribution in [1.82, 2.24) is 0 Å². The van der Waals surface area contributed by atoms with Gasteiger partial charge in [-0.2, -0.15) is 22.2 Å². The lowest BCUT2D eigenvalue weighted by Gasteiger charge is -2.42. The molecule has 1 saturated heterocycles. The van der Waals surface area contributed by atoms with E-state index in [1.807, 2.05) is 6.07 Å². The van der Waals surface area contributed by atoms with Gasteiger partial charge in [0, 0.05) is 16.4 Å². The van der Waals surface area contributed by atoms with Crippen molar-refractivity contribution in [1.29, 1.82) is 0 Å². The molecule has 1 fully saturated rings. The second kappa shape index (κ2) is 8.87. The van der Waals surface area contributed by atoms with Crippen LogP contribution < -0.4 is 0 Å². The number of carboxylic acids is 1. The molecule has 178 valence electrons. The Balaban J connectivity index is 1.68. The fourth-order valence-corrected chi connectivity index (χ4v) is 9.77. The van der Waals surface area contributed by atoms with Gasteiger partial charge in [-0.05, 0) is 92.5 Å². The quantitative estimate of drug-likeness (QED) is 0.306. The summed E-state index contributed by atoms with van der Waals surface area (Å²) < 4.78 is 0. The molecule has 3 aromatic rings. The monoisotopic (exact) mass is 490 g/mol. The molecule has 0 spiro atoms. The van der Waals surface area contributed by atoms with Gasteiger partial charge in [-0.3, -0.25) is 0 Å². The lowest BCUT2D eigenvalue weighted by atomic mass is 9.63. The van der Waals surface area contributed by atoms with Gasteiger partial charge in [0.2, 0.25) is 0 Å². The molecular weight excluding hydrogens is 456 g/mol. The van der Waals surface area contributed by atoms with Gasteiger partial charge in [-0.1, -0.05) is 58.0 Å². The van der Waals surface area contributed by atoms with Gasteiger partial charge < -0.3 is 5.11 Å². The van der Waals surface area contributed by atoms with E-state index < -0.39 is 5.97 Å². The molecule has 2 nitrogen and oxygen atoms in total. The maximum atomic E-state index is 11.4. The van der Waals surface area contributed by atoms with Crippen LogP contribution in [0.4, 0.5) is 0 Å². The molecule has 1 heterocycles.